The number of hydrogen-bond donors (Lipinski definition) is 2. The Kier molecular flexibility index (Phi) is 5.68. The molecule has 1 aliphatic heterocycles. The molecule has 0 bridgehead atoms. The topological polar surface area (TPSA) is 100 Å². The van der Waals surface area contributed by atoms with E-state index >= 15 is 0 Å². The fourth-order valence-corrected chi connectivity index (χ4v) is 2.67. The van der Waals surface area contributed by atoms with Crippen LogP contribution in [0.5, 0.6) is 0 Å². The van der Waals surface area contributed by atoms with Gasteiger partial charge < -0.3 is 15.2 Å². The first-order valence-corrected chi connectivity index (χ1v) is 7.34. The molecule has 1 aromatic rings. The minimum atomic E-state index is -1.02. The van der Waals surface area contributed by atoms with E-state index in [1.54, 1.807) is 13.3 Å². The zero-order chi connectivity index (χ0) is 15.9. The first-order valence-electron chi connectivity index (χ1n) is 6.46. The van der Waals surface area contributed by atoms with Gasteiger partial charge in [-0.15, -0.1) is 5.10 Å². The summed E-state index contributed by atoms with van der Waals surface area (Å²) in [6, 6.07) is 7.61. The van der Waals surface area contributed by atoms with Crippen molar-refractivity contribution in [1.82, 2.24) is 5.32 Å². The summed E-state index contributed by atoms with van der Waals surface area (Å²) in [5, 5.41) is 18.6. The number of carboxylic acid groups (broad SMARTS) is 1. The third kappa shape index (κ3) is 4.68. The number of rotatable bonds is 6. The Hall–Kier alpha value is -2.19. The molecular weight excluding hydrogens is 306 g/mol. The number of carbonyl (C=O) groups is 2. The summed E-state index contributed by atoms with van der Waals surface area (Å²) in [5.74, 6) is -1.38. The molecule has 0 radical (unpaired) electrons. The van der Waals surface area contributed by atoms with Crippen LogP contribution in [-0.4, -0.2) is 40.7 Å². The molecule has 0 aliphatic carbocycles. The van der Waals surface area contributed by atoms with Crippen molar-refractivity contribution in [2.24, 2.45) is 10.2 Å². The van der Waals surface area contributed by atoms with E-state index in [-0.39, 0.29) is 12.3 Å². The lowest BCUT2D eigenvalue weighted by atomic mass is 10.1. The predicted octanol–water partition coefficient (Wildman–Crippen LogP) is 1.23. The van der Waals surface area contributed by atoms with E-state index in [1.165, 1.54) is 0 Å². The lowest BCUT2D eigenvalue weighted by Crippen LogP contribution is -2.26. The van der Waals surface area contributed by atoms with Gasteiger partial charge in [0.1, 0.15) is 5.25 Å². The van der Waals surface area contributed by atoms with E-state index in [0.717, 1.165) is 22.9 Å². The summed E-state index contributed by atoms with van der Waals surface area (Å²) in [4.78, 5) is 22.1. The number of carbonyl (C=O) groups excluding carboxylic acids is 1. The van der Waals surface area contributed by atoms with E-state index in [4.69, 9.17) is 9.84 Å². The molecule has 1 amide bonds. The molecule has 1 fully saturated rings. The Balaban J connectivity index is 1.94. The number of benzene rings is 1. The van der Waals surface area contributed by atoms with Crippen LogP contribution < -0.4 is 5.32 Å². The quantitative estimate of drug-likeness (QED) is 0.606. The fraction of sp³-hybridized carbons (Fsp3) is 0.286. The lowest BCUT2D eigenvalue weighted by Gasteiger charge is -1.99. The normalized spacial score (nSPS) is 19.8. The molecule has 2 N–H and O–H groups in total. The van der Waals surface area contributed by atoms with Crippen molar-refractivity contribution in [3.8, 4) is 0 Å². The molecule has 0 saturated carbocycles. The third-order valence-corrected chi connectivity index (χ3v) is 3.85. The molecule has 1 unspecified atom stereocenters. The molecule has 1 saturated heterocycles. The molecule has 116 valence electrons. The van der Waals surface area contributed by atoms with Crippen LogP contribution in [0.1, 0.15) is 17.5 Å². The van der Waals surface area contributed by atoms with Crippen LogP contribution in [0.4, 0.5) is 0 Å². The Morgan fingerprint density at radius 1 is 1.45 bits per heavy atom. The molecule has 0 spiro atoms. The van der Waals surface area contributed by atoms with Crippen LogP contribution in [0, 0.1) is 0 Å². The number of amidine groups is 1. The molecule has 0 aromatic heterocycles. The highest BCUT2D eigenvalue weighted by molar-refractivity contribution is 8.15. The van der Waals surface area contributed by atoms with Crippen molar-refractivity contribution in [1.29, 1.82) is 0 Å². The molecular formula is C14H15N3O4S. The van der Waals surface area contributed by atoms with Crippen LogP contribution in [-0.2, 0) is 20.9 Å². The van der Waals surface area contributed by atoms with E-state index in [2.05, 4.69) is 15.5 Å². The fourth-order valence-electron chi connectivity index (χ4n) is 1.76. The predicted molar refractivity (Wildman–Crippen MR) is 84.0 cm³/mol. The largest absolute Gasteiger partial charge is 0.481 e. The summed E-state index contributed by atoms with van der Waals surface area (Å²) < 4.78 is 5.02. The van der Waals surface area contributed by atoms with Crippen molar-refractivity contribution < 1.29 is 19.4 Å². The van der Waals surface area contributed by atoms with Crippen LogP contribution in [0.15, 0.2) is 34.5 Å². The highest BCUT2D eigenvalue weighted by Crippen LogP contribution is 2.22. The second-order valence-electron chi connectivity index (χ2n) is 4.52. The Labute approximate surface area is 131 Å². The number of thioether (sulfide) groups is 1. The second-order valence-corrected chi connectivity index (χ2v) is 5.71. The van der Waals surface area contributed by atoms with E-state index in [9.17, 15) is 9.59 Å². The number of hydrogen-bond acceptors (Lipinski definition) is 6. The van der Waals surface area contributed by atoms with Crippen LogP contribution in [0.25, 0.3) is 0 Å². The number of amides is 1. The standard InChI is InChI=1S/C14H15N3O4S/c1-21-8-10-4-2-9(3-5-10)7-15-17-14-16-13(20)11(22-14)6-12(18)19/h2-5,7,11H,6,8H2,1H3,(H,18,19)(H,16,17,20). The minimum Gasteiger partial charge on any atom is -0.481 e. The Morgan fingerprint density at radius 2 is 2.18 bits per heavy atom. The maximum absolute atomic E-state index is 11.5. The maximum Gasteiger partial charge on any atom is 0.305 e. The van der Waals surface area contributed by atoms with E-state index in [0.29, 0.717) is 11.8 Å². The average Bonchev–Trinajstić information content (AvgIpc) is 2.81. The average molecular weight is 321 g/mol. The summed E-state index contributed by atoms with van der Waals surface area (Å²) in [6.45, 7) is 0.549. The van der Waals surface area contributed by atoms with E-state index < -0.39 is 11.2 Å². The number of methoxy groups -OCH3 is 1. The monoisotopic (exact) mass is 321 g/mol. The highest BCUT2D eigenvalue weighted by Gasteiger charge is 2.32. The minimum absolute atomic E-state index is 0.236. The summed E-state index contributed by atoms with van der Waals surface area (Å²) >= 11 is 1.07. The van der Waals surface area contributed by atoms with Crippen molar-refractivity contribution in [2.75, 3.05) is 7.11 Å². The van der Waals surface area contributed by atoms with Crippen LogP contribution in [0.3, 0.4) is 0 Å². The number of nitrogens with zero attached hydrogens (tertiary/aromatic N) is 2. The van der Waals surface area contributed by atoms with Crippen LogP contribution in [0.2, 0.25) is 0 Å². The SMILES string of the molecule is COCc1ccc(C=NN=C2NC(=O)C(CC(=O)O)S2)cc1. The first-order chi connectivity index (χ1) is 10.6. The van der Waals surface area contributed by atoms with Crippen molar-refractivity contribution in [3.63, 3.8) is 0 Å². The zero-order valence-corrected chi connectivity index (χ0v) is 12.7. The van der Waals surface area contributed by atoms with Gasteiger partial charge in [0.15, 0.2) is 5.17 Å². The molecule has 8 heteroatoms. The summed E-state index contributed by atoms with van der Waals surface area (Å²) in [5.41, 5.74) is 1.92. The zero-order valence-electron chi connectivity index (χ0n) is 11.9. The molecule has 1 heterocycles. The molecule has 1 atom stereocenters. The van der Waals surface area contributed by atoms with Gasteiger partial charge in [0.05, 0.1) is 19.2 Å². The first kappa shape index (κ1) is 16.2. The van der Waals surface area contributed by atoms with Gasteiger partial charge in [-0.1, -0.05) is 36.0 Å². The third-order valence-electron chi connectivity index (χ3n) is 2.78. The Morgan fingerprint density at radius 3 is 2.82 bits per heavy atom. The van der Waals surface area contributed by atoms with Crippen molar-refractivity contribution in [2.45, 2.75) is 18.3 Å². The van der Waals surface area contributed by atoms with Crippen molar-refractivity contribution >= 4 is 35.0 Å². The van der Waals surface area contributed by atoms with Gasteiger partial charge in [-0.3, -0.25) is 9.59 Å². The number of carboxylic acids is 1. The highest BCUT2D eigenvalue weighted by atomic mass is 32.2. The molecule has 22 heavy (non-hydrogen) atoms. The maximum atomic E-state index is 11.5. The van der Waals surface area contributed by atoms with Crippen molar-refractivity contribution in [3.05, 3.63) is 35.4 Å². The molecule has 1 aromatic carbocycles. The molecule has 7 nitrogen and oxygen atoms in total. The van der Waals surface area contributed by atoms with Gasteiger partial charge in [-0.05, 0) is 11.1 Å². The smallest absolute Gasteiger partial charge is 0.305 e. The number of ether oxygens (including phenoxy) is 1. The summed E-state index contributed by atoms with van der Waals surface area (Å²) in [6.07, 6.45) is 1.32. The lowest BCUT2D eigenvalue weighted by molar-refractivity contribution is -0.138. The summed E-state index contributed by atoms with van der Waals surface area (Å²) in [7, 11) is 1.64. The van der Waals surface area contributed by atoms with Gasteiger partial charge in [-0.2, -0.15) is 5.10 Å². The van der Waals surface area contributed by atoms with Crippen LogP contribution >= 0.6 is 11.8 Å². The number of aliphatic carboxylic acids is 1. The number of nitrogens with one attached hydrogen (secondary N) is 1. The van der Waals surface area contributed by atoms with Gasteiger partial charge >= 0.3 is 5.97 Å². The second kappa shape index (κ2) is 7.71. The Bertz CT molecular complexity index is 613. The van der Waals surface area contributed by atoms with Gasteiger partial charge in [0.2, 0.25) is 5.91 Å². The van der Waals surface area contributed by atoms with Gasteiger partial charge in [0, 0.05) is 7.11 Å². The van der Waals surface area contributed by atoms with Gasteiger partial charge in [-0.25, -0.2) is 0 Å². The molecule has 2 rings (SSSR count). The molecule has 1 aliphatic rings. The van der Waals surface area contributed by atoms with Gasteiger partial charge in [0.25, 0.3) is 0 Å². The van der Waals surface area contributed by atoms with E-state index in [1.807, 2.05) is 24.3 Å².